The Morgan fingerprint density at radius 1 is 1.32 bits per heavy atom. The molecule has 5 nitrogen and oxygen atoms in total. The smallest absolute Gasteiger partial charge is 0.242 e. The molecule has 0 spiro atoms. The first kappa shape index (κ1) is 15.3. The van der Waals surface area contributed by atoms with Crippen molar-refractivity contribution in [2.45, 2.75) is 12.5 Å². The second kappa shape index (κ2) is 6.64. The van der Waals surface area contributed by atoms with E-state index >= 15 is 0 Å². The first-order valence-corrected chi connectivity index (χ1v) is 7.28. The molecule has 1 saturated heterocycles. The first-order valence-electron chi connectivity index (χ1n) is 6.52. The molecule has 1 aliphatic heterocycles. The monoisotopic (exact) mass is 344 g/mol. The number of ether oxygens (including phenoxy) is 3. The van der Waals surface area contributed by atoms with Gasteiger partial charge in [0.05, 0.1) is 19.4 Å². The molecule has 2 aromatic rings. The highest BCUT2D eigenvalue weighted by atomic mass is 35.5. The predicted molar refractivity (Wildman–Crippen MR) is 78.4 cm³/mol. The quantitative estimate of drug-likeness (QED) is 0.787. The molecule has 0 amide bonds. The van der Waals surface area contributed by atoms with Gasteiger partial charge in [-0.05, 0) is 23.7 Å². The summed E-state index contributed by atoms with van der Waals surface area (Å²) in [6.45, 7) is 1.07. The third-order valence-electron chi connectivity index (χ3n) is 2.99. The summed E-state index contributed by atoms with van der Waals surface area (Å²) in [6, 6.07) is 4.39. The van der Waals surface area contributed by atoms with E-state index in [0.717, 1.165) is 6.42 Å². The standard InChI is InChI=1S/C14H11Cl2FN2O3/c15-9-6-18-14(16)19-13(9)22-12-10(17)2-1-3-11(12)21-8-4-5-20-7-8/h1-3,6,8H,4-5,7H2. The fourth-order valence-corrected chi connectivity index (χ4v) is 2.22. The molecule has 3 rings (SSSR count). The van der Waals surface area contributed by atoms with Crippen molar-refractivity contribution in [3.05, 3.63) is 40.5 Å². The Balaban J connectivity index is 1.90. The van der Waals surface area contributed by atoms with Gasteiger partial charge < -0.3 is 14.2 Å². The van der Waals surface area contributed by atoms with Crippen LogP contribution in [0.5, 0.6) is 17.4 Å². The summed E-state index contributed by atoms with van der Waals surface area (Å²) >= 11 is 11.6. The number of hydrogen-bond acceptors (Lipinski definition) is 5. The van der Waals surface area contributed by atoms with E-state index in [-0.39, 0.29) is 33.8 Å². The number of para-hydroxylation sites is 1. The molecule has 1 aromatic heterocycles. The van der Waals surface area contributed by atoms with Crippen LogP contribution in [0, 0.1) is 5.82 Å². The van der Waals surface area contributed by atoms with Gasteiger partial charge in [0.25, 0.3) is 0 Å². The van der Waals surface area contributed by atoms with E-state index in [1.165, 1.54) is 18.3 Å². The van der Waals surface area contributed by atoms with Crippen LogP contribution < -0.4 is 9.47 Å². The normalized spacial score (nSPS) is 17.5. The van der Waals surface area contributed by atoms with Crippen LogP contribution in [0.1, 0.15) is 6.42 Å². The van der Waals surface area contributed by atoms with E-state index in [2.05, 4.69) is 9.97 Å². The second-order valence-electron chi connectivity index (χ2n) is 4.56. The third kappa shape index (κ3) is 3.40. The number of hydrogen-bond donors (Lipinski definition) is 0. The van der Waals surface area contributed by atoms with Gasteiger partial charge in [0.15, 0.2) is 11.6 Å². The lowest BCUT2D eigenvalue weighted by molar-refractivity contribution is 0.138. The van der Waals surface area contributed by atoms with Gasteiger partial charge in [0.1, 0.15) is 11.1 Å². The molecule has 1 aliphatic rings. The first-order chi connectivity index (χ1) is 10.6. The SMILES string of the molecule is Fc1cccc(OC2CCOC2)c1Oc1nc(Cl)ncc1Cl. The van der Waals surface area contributed by atoms with Gasteiger partial charge in [-0.3, -0.25) is 0 Å². The lowest BCUT2D eigenvalue weighted by atomic mass is 10.3. The summed E-state index contributed by atoms with van der Waals surface area (Å²) in [4.78, 5) is 7.55. The Labute approximate surface area is 135 Å². The van der Waals surface area contributed by atoms with Gasteiger partial charge in [-0.25, -0.2) is 9.37 Å². The summed E-state index contributed by atoms with van der Waals surface area (Å²) in [7, 11) is 0. The molecule has 0 bridgehead atoms. The minimum atomic E-state index is -0.595. The van der Waals surface area contributed by atoms with E-state index in [9.17, 15) is 4.39 Å². The van der Waals surface area contributed by atoms with Crippen molar-refractivity contribution in [3.8, 4) is 17.4 Å². The molecule has 0 radical (unpaired) electrons. The Hall–Kier alpha value is -1.63. The van der Waals surface area contributed by atoms with Crippen LogP contribution >= 0.6 is 23.2 Å². The summed E-state index contributed by atoms with van der Waals surface area (Å²) in [5, 5.41) is 0.0604. The van der Waals surface area contributed by atoms with Gasteiger partial charge in [-0.15, -0.1) is 0 Å². The molecule has 22 heavy (non-hydrogen) atoms. The predicted octanol–water partition coefficient (Wildman–Crippen LogP) is 3.88. The Morgan fingerprint density at radius 2 is 2.18 bits per heavy atom. The number of halogens is 3. The Kier molecular flexibility index (Phi) is 4.61. The van der Waals surface area contributed by atoms with Gasteiger partial charge in [0.2, 0.25) is 16.9 Å². The van der Waals surface area contributed by atoms with Crippen molar-refractivity contribution in [2.75, 3.05) is 13.2 Å². The zero-order chi connectivity index (χ0) is 15.5. The van der Waals surface area contributed by atoms with Gasteiger partial charge in [-0.1, -0.05) is 17.7 Å². The van der Waals surface area contributed by atoms with E-state index < -0.39 is 5.82 Å². The zero-order valence-corrected chi connectivity index (χ0v) is 12.8. The molecule has 0 N–H and O–H groups in total. The number of rotatable bonds is 4. The maximum absolute atomic E-state index is 14.1. The molecule has 1 aromatic carbocycles. The molecule has 0 aliphatic carbocycles. The van der Waals surface area contributed by atoms with Crippen molar-refractivity contribution in [3.63, 3.8) is 0 Å². The molecular formula is C14H11Cl2FN2O3. The fourth-order valence-electron chi connectivity index (χ4n) is 1.97. The molecule has 2 heterocycles. The van der Waals surface area contributed by atoms with Crippen LogP contribution in [-0.2, 0) is 4.74 Å². The fraction of sp³-hybridized carbons (Fsp3) is 0.286. The molecular weight excluding hydrogens is 334 g/mol. The Bertz CT molecular complexity index is 681. The summed E-state index contributed by atoms with van der Waals surface area (Å²) < 4.78 is 30.5. The number of nitrogens with zero attached hydrogens (tertiary/aromatic N) is 2. The molecule has 0 saturated carbocycles. The van der Waals surface area contributed by atoms with E-state index in [0.29, 0.717) is 13.2 Å². The van der Waals surface area contributed by atoms with Crippen molar-refractivity contribution in [2.24, 2.45) is 0 Å². The third-order valence-corrected chi connectivity index (χ3v) is 3.44. The van der Waals surface area contributed by atoms with E-state index in [4.69, 9.17) is 37.4 Å². The number of benzene rings is 1. The van der Waals surface area contributed by atoms with Crippen LogP contribution in [0.4, 0.5) is 4.39 Å². The summed E-state index contributed by atoms with van der Waals surface area (Å²) in [5.41, 5.74) is 0. The topological polar surface area (TPSA) is 53.5 Å². The van der Waals surface area contributed by atoms with Crippen molar-refractivity contribution < 1.29 is 18.6 Å². The maximum Gasteiger partial charge on any atom is 0.242 e. The molecule has 8 heteroatoms. The van der Waals surface area contributed by atoms with E-state index in [1.54, 1.807) is 6.07 Å². The average Bonchev–Trinajstić information content (AvgIpc) is 2.99. The molecule has 1 unspecified atom stereocenters. The van der Waals surface area contributed by atoms with Crippen LogP contribution in [-0.4, -0.2) is 29.3 Å². The summed E-state index contributed by atoms with van der Waals surface area (Å²) in [6.07, 6.45) is 1.86. The van der Waals surface area contributed by atoms with Gasteiger partial charge in [-0.2, -0.15) is 4.98 Å². The lowest BCUT2D eigenvalue weighted by Crippen LogP contribution is -2.16. The van der Waals surface area contributed by atoms with Crippen LogP contribution in [0.2, 0.25) is 10.3 Å². The molecule has 116 valence electrons. The van der Waals surface area contributed by atoms with Crippen LogP contribution in [0.25, 0.3) is 0 Å². The highest BCUT2D eigenvalue weighted by molar-refractivity contribution is 6.32. The summed E-state index contributed by atoms with van der Waals surface area (Å²) in [5.74, 6) is -0.492. The highest BCUT2D eigenvalue weighted by Gasteiger charge is 2.22. The lowest BCUT2D eigenvalue weighted by Gasteiger charge is -2.16. The maximum atomic E-state index is 14.1. The van der Waals surface area contributed by atoms with E-state index in [1.807, 2.05) is 0 Å². The zero-order valence-electron chi connectivity index (χ0n) is 11.3. The largest absolute Gasteiger partial charge is 0.484 e. The highest BCUT2D eigenvalue weighted by Crippen LogP contribution is 2.37. The molecule has 1 atom stereocenters. The van der Waals surface area contributed by atoms with Crippen LogP contribution in [0.15, 0.2) is 24.4 Å². The van der Waals surface area contributed by atoms with Crippen molar-refractivity contribution in [1.29, 1.82) is 0 Å². The van der Waals surface area contributed by atoms with Crippen molar-refractivity contribution in [1.82, 2.24) is 9.97 Å². The molecule has 1 fully saturated rings. The average molecular weight is 345 g/mol. The Morgan fingerprint density at radius 3 is 2.95 bits per heavy atom. The van der Waals surface area contributed by atoms with Gasteiger partial charge >= 0.3 is 0 Å². The van der Waals surface area contributed by atoms with Gasteiger partial charge in [0, 0.05) is 6.42 Å². The number of aromatic nitrogens is 2. The van der Waals surface area contributed by atoms with Crippen molar-refractivity contribution >= 4 is 23.2 Å². The second-order valence-corrected chi connectivity index (χ2v) is 5.31. The minimum Gasteiger partial charge on any atom is -0.484 e. The minimum absolute atomic E-state index is 0.0423. The van der Waals surface area contributed by atoms with Crippen LogP contribution in [0.3, 0.4) is 0 Å².